The number of anilines is 1. The fraction of sp³-hybridized carbons (Fsp3) is 0.0952. The fourth-order valence-electron chi connectivity index (χ4n) is 2.58. The lowest BCUT2D eigenvalue weighted by molar-refractivity contribution is -0.119. The van der Waals surface area contributed by atoms with E-state index >= 15 is 0 Å². The molecule has 0 saturated carbocycles. The number of amides is 1. The summed E-state index contributed by atoms with van der Waals surface area (Å²) < 4.78 is 32.6. The highest BCUT2D eigenvalue weighted by molar-refractivity contribution is 7.93. The maximum Gasteiger partial charge on any atom is 0.278 e. The smallest absolute Gasteiger partial charge is 0.278 e. The molecule has 0 aliphatic rings. The molecule has 0 N–H and O–H groups in total. The minimum absolute atomic E-state index is 0.00490. The van der Waals surface area contributed by atoms with Gasteiger partial charge in [-0.2, -0.15) is 4.31 Å². The Hall–Kier alpha value is -2.54. The van der Waals surface area contributed by atoms with Gasteiger partial charge in [-0.15, -0.1) is 0 Å². The molecule has 0 unspecified atom stereocenters. The zero-order valence-corrected chi connectivity index (χ0v) is 17.7. The molecule has 0 fully saturated rings. The lowest BCUT2D eigenvalue weighted by Crippen LogP contribution is -2.40. The van der Waals surface area contributed by atoms with Crippen molar-refractivity contribution in [2.45, 2.75) is 11.8 Å². The first-order chi connectivity index (χ1) is 13.8. The van der Waals surface area contributed by atoms with E-state index in [1.807, 2.05) is 6.92 Å². The minimum Gasteiger partial charge on any atom is -0.482 e. The maximum atomic E-state index is 13.2. The normalized spacial score (nSPS) is 11.1. The Morgan fingerprint density at radius 1 is 0.966 bits per heavy atom. The van der Waals surface area contributed by atoms with Gasteiger partial charge >= 0.3 is 0 Å². The molecule has 3 rings (SSSR count). The molecule has 3 aromatic carbocycles. The predicted octanol–water partition coefficient (Wildman–Crippen LogP) is 5.10. The van der Waals surface area contributed by atoms with Crippen LogP contribution in [0.5, 0.6) is 5.75 Å². The Bertz CT molecular complexity index is 1120. The first kappa shape index (κ1) is 21.2. The summed E-state index contributed by atoms with van der Waals surface area (Å²) in [6, 6.07) is 18.9. The first-order valence-corrected chi connectivity index (χ1v) is 10.8. The zero-order valence-electron chi connectivity index (χ0n) is 15.4. The molecule has 29 heavy (non-hydrogen) atoms. The molecule has 3 aromatic rings. The Morgan fingerprint density at radius 3 is 2.28 bits per heavy atom. The van der Waals surface area contributed by atoms with Crippen molar-refractivity contribution in [1.29, 1.82) is 0 Å². The number of rotatable bonds is 6. The summed E-state index contributed by atoms with van der Waals surface area (Å²) in [5.41, 5.74) is 1.14. The van der Waals surface area contributed by atoms with Gasteiger partial charge in [0, 0.05) is 11.1 Å². The lowest BCUT2D eigenvalue weighted by atomic mass is 10.2. The van der Waals surface area contributed by atoms with Gasteiger partial charge in [0.25, 0.3) is 15.9 Å². The van der Waals surface area contributed by atoms with Gasteiger partial charge in [0.2, 0.25) is 0 Å². The molecule has 0 heterocycles. The molecule has 0 aromatic heterocycles. The number of hydrogen-bond acceptors (Lipinski definition) is 4. The average Bonchev–Trinajstić information content (AvgIpc) is 2.71. The molecular weight excluding hydrogens is 433 g/mol. The van der Waals surface area contributed by atoms with Crippen LogP contribution >= 0.6 is 23.2 Å². The lowest BCUT2D eigenvalue weighted by Gasteiger charge is -2.23. The summed E-state index contributed by atoms with van der Waals surface area (Å²) in [5, 5.41) is 0.638. The highest BCUT2D eigenvalue weighted by Crippen LogP contribution is 2.29. The monoisotopic (exact) mass is 449 g/mol. The van der Waals surface area contributed by atoms with Gasteiger partial charge in [0.05, 0.1) is 15.6 Å². The number of nitrogens with zero attached hydrogens (tertiary/aromatic N) is 1. The van der Waals surface area contributed by atoms with Gasteiger partial charge in [0.1, 0.15) is 5.75 Å². The van der Waals surface area contributed by atoms with Crippen molar-refractivity contribution in [3.63, 3.8) is 0 Å². The number of halogens is 2. The van der Waals surface area contributed by atoms with Crippen LogP contribution < -0.4 is 9.04 Å². The third kappa shape index (κ3) is 4.90. The summed E-state index contributed by atoms with van der Waals surface area (Å²) in [6.07, 6.45) is 0. The van der Waals surface area contributed by atoms with Gasteiger partial charge in [-0.05, 0) is 43.3 Å². The van der Waals surface area contributed by atoms with Gasteiger partial charge < -0.3 is 4.74 Å². The average molecular weight is 450 g/mol. The van der Waals surface area contributed by atoms with Crippen molar-refractivity contribution in [2.75, 3.05) is 10.9 Å². The molecule has 0 bridgehead atoms. The van der Waals surface area contributed by atoms with E-state index in [2.05, 4.69) is 0 Å². The zero-order chi connectivity index (χ0) is 21.0. The highest BCUT2D eigenvalue weighted by atomic mass is 35.5. The summed E-state index contributed by atoms with van der Waals surface area (Å²) in [4.78, 5) is 13.0. The first-order valence-electron chi connectivity index (χ1n) is 8.57. The van der Waals surface area contributed by atoms with Crippen molar-refractivity contribution < 1.29 is 17.9 Å². The van der Waals surface area contributed by atoms with Crippen LogP contribution in [0.15, 0.2) is 77.7 Å². The van der Waals surface area contributed by atoms with E-state index < -0.39 is 22.5 Å². The highest BCUT2D eigenvalue weighted by Gasteiger charge is 2.31. The van der Waals surface area contributed by atoms with Crippen LogP contribution in [0.4, 0.5) is 5.69 Å². The Kier molecular flexibility index (Phi) is 6.47. The number of carbonyl (C=O) groups excluding carboxylic acids is 1. The topological polar surface area (TPSA) is 63.7 Å². The largest absolute Gasteiger partial charge is 0.482 e. The van der Waals surface area contributed by atoms with Crippen molar-refractivity contribution >= 4 is 44.8 Å². The third-order valence-electron chi connectivity index (χ3n) is 4.02. The molecule has 5 nitrogen and oxygen atoms in total. The van der Waals surface area contributed by atoms with Crippen molar-refractivity contribution in [2.24, 2.45) is 0 Å². The molecule has 0 saturated heterocycles. The third-order valence-corrected chi connectivity index (χ3v) is 6.33. The van der Waals surface area contributed by atoms with E-state index in [0.717, 1.165) is 9.87 Å². The molecule has 150 valence electrons. The SMILES string of the molecule is Cc1ccc(N(C(=O)COc2cc(Cl)ccc2Cl)S(=O)(=O)c2ccccc2)cc1. The van der Waals surface area contributed by atoms with Crippen LogP contribution in [-0.4, -0.2) is 20.9 Å². The fourth-order valence-corrected chi connectivity index (χ4v) is 4.35. The van der Waals surface area contributed by atoms with Gasteiger partial charge in [0.15, 0.2) is 6.61 Å². The summed E-state index contributed by atoms with van der Waals surface area (Å²) in [5.74, 6) is -0.581. The van der Waals surface area contributed by atoms with E-state index in [4.69, 9.17) is 27.9 Å². The second-order valence-electron chi connectivity index (χ2n) is 6.18. The number of sulfonamides is 1. The van der Waals surface area contributed by atoms with Crippen LogP contribution in [-0.2, 0) is 14.8 Å². The van der Waals surface area contributed by atoms with Crippen LogP contribution in [0.25, 0.3) is 0 Å². The summed E-state index contributed by atoms with van der Waals surface area (Å²) in [6.45, 7) is 1.33. The van der Waals surface area contributed by atoms with E-state index in [9.17, 15) is 13.2 Å². The number of carbonyl (C=O) groups is 1. The van der Waals surface area contributed by atoms with E-state index in [0.29, 0.717) is 5.02 Å². The number of benzene rings is 3. The van der Waals surface area contributed by atoms with E-state index in [1.54, 1.807) is 48.5 Å². The molecule has 1 amide bonds. The standard InChI is InChI=1S/C21H17Cl2NO4S/c1-15-7-10-17(11-8-15)24(29(26,27)18-5-3-2-4-6-18)21(25)14-28-20-13-16(22)9-12-19(20)23/h2-13H,14H2,1H3. The summed E-state index contributed by atoms with van der Waals surface area (Å²) >= 11 is 12.0. The van der Waals surface area contributed by atoms with E-state index in [1.165, 1.54) is 24.3 Å². The Balaban J connectivity index is 1.95. The van der Waals surface area contributed by atoms with Crippen LogP contribution in [0.3, 0.4) is 0 Å². The van der Waals surface area contributed by atoms with Crippen LogP contribution in [0.2, 0.25) is 10.0 Å². The molecular formula is C21H17Cl2NO4S. The second-order valence-corrected chi connectivity index (χ2v) is 8.81. The molecule has 0 aliphatic heterocycles. The molecule has 0 radical (unpaired) electrons. The summed E-state index contributed by atoms with van der Waals surface area (Å²) in [7, 11) is -4.14. The van der Waals surface area contributed by atoms with Gasteiger partial charge in [-0.3, -0.25) is 4.79 Å². The number of ether oxygens (including phenoxy) is 1. The number of aryl methyl sites for hydroxylation is 1. The van der Waals surface area contributed by atoms with Gasteiger partial charge in [-0.1, -0.05) is 59.1 Å². The predicted molar refractivity (Wildman–Crippen MR) is 114 cm³/mol. The molecule has 0 aliphatic carbocycles. The van der Waals surface area contributed by atoms with Crippen molar-refractivity contribution in [3.05, 3.63) is 88.4 Å². The molecule has 8 heteroatoms. The van der Waals surface area contributed by atoms with Crippen LogP contribution in [0.1, 0.15) is 5.56 Å². The molecule has 0 spiro atoms. The molecule has 0 atom stereocenters. The van der Waals surface area contributed by atoms with Crippen molar-refractivity contribution in [3.8, 4) is 5.75 Å². The van der Waals surface area contributed by atoms with Crippen LogP contribution in [0, 0.1) is 6.92 Å². The number of hydrogen-bond donors (Lipinski definition) is 0. The maximum absolute atomic E-state index is 13.2. The minimum atomic E-state index is -4.14. The quantitative estimate of drug-likeness (QED) is 0.524. The Morgan fingerprint density at radius 2 is 1.62 bits per heavy atom. The van der Waals surface area contributed by atoms with Gasteiger partial charge in [-0.25, -0.2) is 8.42 Å². The second kappa shape index (κ2) is 8.86. The Labute approximate surface area is 179 Å². The van der Waals surface area contributed by atoms with E-state index in [-0.39, 0.29) is 21.4 Å². The van der Waals surface area contributed by atoms with Crippen molar-refractivity contribution in [1.82, 2.24) is 0 Å².